The van der Waals surface area contributed by atoms with Crippen molar-refractivity contribution >= 4 is 27.3 Å². The highest BCUT2D eigenvalue weighted by Crippen LogP contribution is 2.28. The molecule has 1 fully saturated rings. The summed E-state index contributed by atoms with van der Waals surface area (Å²) in [5.74, 6) is 0.508. The fraction of sp³-hybridized carbons (Fsp3) is 0.714. The highest BCUT2D eigenvalue weighted by Gasteiger charge is 2.50. The van der Waals surface area contributed by atoms with Gasteiger partial charge in [0.25, 0.3) is 0 Å². The number of sulfonamides is 1. The second-order valence-electron chi connectivity index (χ2n) is 5.78. The third-order valence-electron chi connectivity index (χ3n) is 3.99. The Morgan fingerprint density at radius 2 is 2.08 bits per heavy atom. The standard InChI is InChI=1S/C14H22F3N5O2S2/c1-3-12-20-11(9-25-12)8-19-13(18-2)21-10-4-6-22(7-5-10)26(23,24)14(15,16)17/h9-10H,3-8H2,1-2H3,(H2,18,19,21). The first-order valence-electron chi connectivity index (χ1n) is 8.14. The first-order valence-corrected chi connectivity index (χ1v) is 10.5. The van der Waals surface area contributed by atoms with Crippen LogP contribution in [0.4, 0.5) is 13.2 Å². The Morgan fingerprint density at radius 3 is 2.58 bits per heavy atom. The molecule has 1 saturated heterocycles. The van der Waals surface area contributed by atoms with Gasteiger partial charge in [0, 0.05) is 31.6 Å². The molecule has 1 aromatic heterocycles. The van der Waals surface area contributed by atoms with Crippen LogP contribution in [0.25, 0.3) is 0 Å². The van der Waals surface area contributed by atoms with Crippen molar-refractivity contribution in [3.05, 3.63) is 16.1 Å². The lowest BCUT2D eigenvalue weighted by Crippen LogP contribution is -2.51. The highest BCUT2D eigenvalue weighted by molar-refractivity contribution is 7.90. The van der Waals surface area contributed by atoms with Gasteiger partial charge in [0.2, 0.25) is 0 Å². The fourth-order valence-corrected chi connectivity index (χ4v) is 4.27. The predicted octanol–water partition coefficient (Wildman–Crippen LogP) is 1.68. The lowest BCUT2D eigenvalue weighted by Gasteiger charge is -2.32. The molecule has 0 aromatic carbocycles. The zero-order valence-corrected chi connectivity index (χ0v) is 16.1. The molecule has 2 rings (SSSR count). The van der Waals surface area contributed by atoms with E-state index in [1.807, 2.05) is 12.3 Å². The van der Waals surface area contributed by atoms with Crippen molar-refractivity contribution in [3.63, 3.8) is 0 Å². The van der Waals surface area contributed by atoms with Crippen molar-refractivity contribution in [2.75, 3.05) is 20.1 Å². The Hall–Kier alpha value is -1.40. The number of hydrogen-bond donors (Lipinski definition) is 2. The molecule has 12 heteroatoms. The van der Waals surface area contributed by atoms with E-state index in [4.69, 9.17) is 0 Å². The van der Waals surface area contributed by atoms with Gasteiger partial charge in [0.15, 0.2) is 5.96 Å². The molecule has 0 bridgehead atoms. The van der Waals surface area contributed by atoms with E-state index in [-0.39, 0.29) is 32.0 Å². The SMILES string of the molecule is CCc1nc(CNC(=NC)NC2CCN(S(=O)(=O)C(F)(F)F)CC2)cs1. The Kier molecular flexibility index (Phi) is 6.86. The summed E-state index contributed by atoms with van der Waals surface area (Å²) in [4.78, 5) is 8.52. The number of aryl methyl sites for hydroxylation is 1. The second kappa shape index (κ2) is 8.53. The van der Waals surface area contributed by atoms with Crippen molar-refractivity contribution in [1.29, 1.82) is 0 Å². The van der Waals surface area contributed by atoms with E-state index in [9.17, 15) is 21.6 Å². The summed E-state index contributed by atoms with van der Waals surface area (Å²) in [6, 6.07) is -0.150. The Balaban J connectivity index is 1.83. The van der Waals surface area contributed by atoms with Gasteiger partial charge in [-0.1, -0.05) is 6.92 Å². The maximum absolute atomic E-state index is 12.6. The van der Waals surface area contributed by atoms with Crippen molar-refractivity contribution < 1.29 is 21.6 Å². The van der Waals surface area contributed by atoms with Crippen LogP contribution in [-0.2, 0) is 23.0 Å². The number of nitrogens with zero attached hydrogens (tertiary/aromatic N) is 3. The van der Waals surface area contributed by atoms with Gasteiger partial charge in [0.05, 0.1) is 17.2 Å². The van der Waals surface area contributed by atoms with Crippen LogP contribution in [0.3, 0.4) is 0 Å². The molecule has 2 heterocycles. The van der Waals surface area contributed by atoms with Gasteiger partial charge < -0.3 is 10.6 Å². The summed E-state index contributed by atoms with van der Waals surface area (Å²) in [6.07, 6.45) is 1.41. The summed E-state index contributed by atoms with van der Waals surface area (Å²) in [6.45, 7) is 2.16. The molecule has 1 aliphatic heterocycles. The van der Waals surface area contributed by atoms with Crippen LogP contribution in [0.2, 0.25) is 0 Å². The smallest absolute Gasteiger partial charge is 0.354 e. The number of guanidine groups is 1. The Bertz CT molecular complexity index is 725. The van der Waals surface area contributed by atoms with Crippen LogP contribution in [0, 0.1) is 0 Å². The number of aromatic nitrogens is 1. The maximum atomic E-state index is 12.6. The Labute approximate surface area is 154 Å². The summed E-state index contributed by atoms with van der Waals surface area (Å²) in [5.41, 5.74) is -4.36. The van der Waals surface area contributed by atoms with E-state index in [0.717, 1.165) is 17.1 Å². The molecule has 148 valence electrons. The van der Waals surface area contributed by atoms with Crippen LogP contribution in [0.5, 0.6) is 0 Å². The molecular formula is C14H22F3N5O2S2. The number of rotatable bonds is 5. The molecule has 0 amide bonds. The fourth-order valence-electron chi connectivity index (χ4n) is 2.54. The van der Waals surface area contributed by atoms with Crippen LogP contribution in [-0.4, -0.2) is 55.4 Å². The highest BCUT2D eigenvalue weighted by atomic mass is 32.2. The first-order chi connectivity index (χ1) is 12.2. The third kappa shape index (κ3) is 5.07. The van der Waals surface area contributed by atoms with E-state index in [1.54, 1.807) is 18.4 Å². The van der Waals surface area contributed by atoms with Gasteiger partial charge in [-0.15, -0.1) is 11.3 Å². The van der Waals surface area contributed by atoms with Crippen molar-refractivity contribution in [2.24, 2.45) is 4.99 Å². The minimum atomic E-state index is -5.25. The topological polar surface area (TPSA) is 86.7 Å². The molecule has 0 spiro atoms. The average Bonchev–Trinajstić information content (AvgIpc) is 3.06. The average molecular weight is 413 g/mol. The zero-order valence-electron chi connectivity index (χ0n) is 14.5. The van der Waals surface area contributed by atoms with Gasteiger partial charge in [-0.25, -0.2) is 13.4 Å². The van der Waals surface area contributed by atoms with Crippen LogP contribution in [0.15, 0.2) is 10.4 Å². The van der Waals surface area contributed by atoms with Gasteiger partial charge >= 0.3 is 15.5 Å². The largest absolute Gasteiger partial charge is 0.511 e. The van der Waals surface area contributed by atoms with Gasteiger partial charge in [-0.3, -0.25) is 4.99 Å². The number of alkyl halides is 3. The molecule has 0 unspecified atom stereocenters. The van der Waals surface area contributed by atoms with Crippen LogP contribution in [0.1, 0.15) is 30.5 Å². The minimum absolute atomic E-state index is 0.150. The molecule has 0 saturated carbocycles. The molecular weight excluding hydrogens is 391 g/mol. The monoisotopic (exact) mass is 413 g/mol. The van der Waals surface area contributed by atoms with Crippen molar-refractivity contribution in [2.45, 2.75) is 44.3 Å². The van der Waals surface area contributed by atoms with E-state index in [0.29, 0.717) is 16.8 Å². The van der Waals surface area contributed by atoms with Crippen molar-refractivity contribution in [3.8, 4) is 0 Å². The summed E-state index contributed by atoms with van der Waals surface area (Å²) >= 11 is 1.58. The molecule has 1 aliphatic rings. The number of piperidine rings is 1. The minimum Gasteiger partial charge on any atom is -0.354 e. The van der Waals surface area contributed by atoms with E-state index >= 15 is 0 Å². The van der Waals surface area contributed by atoms with E-state index in [1.165, 1.54) is 0 Å². The quantitative estimate of drug-likeness (QED) is 0.567. The molecule has 2 N–H and O–H groups in total. The summed E-state index contributed by atoms with van der Waals surface area (Å²) in [5, 5.41) is 9.23. The molecule has 7 nitrogen and oxygen atoms in total. The second-order valence-corrected chi connectivity index (χ2v) is 8.65. The number of nitrogens with one attached hydrogen (secondary N) is 2. The van der Waals surface area contributed by atoms with Crippen LogP contribution < -0.4 is 10.6 Å². The summed E-state index contributed by atoms with van der Waals surface area (Å²) < 4.78 is 61.1. The zero-order chi connectivity index (χ0) is 19.4. The molecule has 0 atom stereocenters. The number of halogens is 3. The summed E-state index contributed by atoms with van der Waals surface area (Å²) in [7, 11) is -3.66. The predicted molar refractivity (Wildman–Crippen MR) is 94.4 cm³/mol. The Morgan fingerprint density at radius 1 is 1.42 bits per heavy atom. The van der Waals surface area contributed by atoms with Crippen molar-refractivity contribution in [1.82, 2.24) is 19.9 Å². The molecule has 26 heavy (non-hydrogen) atoms. The van der Waals surface area contributed by atoms with E-state index in [2.05, 4.69) is 20.6 Å². The van der Waals surface area contributed by atoms with Gasteiger partial charge in [-0.2, -0.15) is 17.5 Å². The molecule has 1 aromatic rings. The number of aliphatic imine (C=N–C) groups is 1. The molecule has 0 aliphatic carbocycles. The van der Waals surface area contributed by atoms with Gasteiger partial charge in [0.1, 0.15) is 0 Å². The molecule has 0 radical (unpaired) electrons. The normalized spacial score (nSPS) is 18.1. The van der Waals surface area contributed by atoms with Gasteiger partial charge in [-0.05, 0) is 19.3 Å². The first kappa shape index (κ1) is 20.9. The number of hydrogen-bond acceptors (Lipinski definition) is 5. The lowest BCUT2D eigenvalue weighted by atomic mass is 10.1. The van der Waals surface area contributed by atoms with Crippen LogP contribution >= 0.6 is 11.3 Å². The third-order valence-corrected chi connectivity index (χ3v) is 6.66. The number of thiazole rings is 1. The van der Waals surface area contributed by atoms with E-state index < -0.39 is 15.5 Å². The lowest BCUT2D eigenvalue weighted by molar-refractivity contribution is -0.0494. The maximum Gasteiger partial charge on any atom is 0.511 e.